The summed E-state index contributed by atoms with van der Waals surface area (Å²) in [5.41, 5.74) is 0. The molecular formula is C6H9ClO. The molecule has 0 aliphatic heterocycles. The summed E-state index contributed by atoms with van der Waals surface area (Å²) in [6.07, 6.45) is 1.12. The monoisotopic (exact) mass is 132 g/mol. The lowest BCUT2D eigenvalue weighted by Gasteiger charge is -1.95. The Labute approximate surface area is 54.7 Å². The third-order valence-corrected chi connectivity index (χ3v) is 0.892. The van der Waals surface area contributed by atoms with Gasteiger partial charge in [0.2, 0.25) is 0 Å². The molecule has 0 fully saturated rings. The zero-order valence-electron chi connectivity index (χ0n) is 4.82. The summed E-state index contributed by atoms with van der Waals surface area (Å²) in [7, 11) is 0. The fourth-order valence-corrected chi connectivity index (χ4v) is 0.535. The lowest BCUT2D eigenvalue weighted by atomic mass is 10.2. The molecule has 0 heterocycles. The minimum atomic E-state index is -0.530. The number of halogens is 1. The van der Waals surface area contributed by atoms with Gasteiger partial charge in [0.05, 0.1) is 0 Å². The van der Waals surface area contributed by atoms with Gasteiger partial charge in [-0.05, 0) is 18.0 Å². The molecule has 46 valence electrons. The average Bonchev–Trinajstić information content (AvgIpc) is 1.68. The summed E-state index contributed by atoms with van der Waals surface area (Å²) < 4.78 is 0. The van der Waals surface area contributed by atoms with Crippen molar-refractivity contribution in [3.8, 4) is 11.3 Å². The van der Waals surface area contributed by atoms with E-state index in [2.05, 4.69) is 11.3 Å². The lowest BCUT2D eigenvalue weighted by molar-refractivity contribution is 0.221. The maximum atomic E-state index is 8.79. The Morgan fingerprint density at radius 2 is 2.38 bits per heavy atom. The van der Waals surface area contributed by atoms with Crippen LogP contribution in [0.5, 0.6) is 0 Å². The van der Waals surface area contributed by atoms with Crippen LogP contribution in [0, 0.1) is 11.3 Å². The van der Waals surface area contributed by atoms with Crippen LogP contribution < -0.4 is 0 Å². The molecule has 2 heteroatoms. The van der Waals surface area contributed by atoms with Gasteiger partial charge in [-0.25, -0.2) is 0 Å². The van der Waals surface area contributed by atoms with Crippen molar-refractivity contribution < 1.29 is 5.11 Å². The van der Waals surface area contributed by atoms with Crippen molar-refractivity contribution in [3.05, 3.63) is 0 Å². The van der Waals surface area contributed by atoms with Crippen molar-refractivity contribution in [2.45, 2.75) is 25.9 Å². The van der Waals surface area contributed by atoms with Gasteiger partial charge in [0, 0.05) is 5.38 Å². The predicted octanol–water partition coefficient (Wildman–Crippen LogP) is 1.35. The summed E-state index contributed by atoms with van der Waals surface area (Å²) in [6.45, 7) is 1.99. The third-order valence-electron chi connectivity index (χ3n) is 0.783. The molecule has 0 amide bonds. The van der Waals surface area contributed by atoms with Crippen molar-refractivity contribution >= 4 is 11.6 Å². The molecule has 0 aromatic rings. The highest BCUT2D eigenvalue weighted by atomic mass is 35.5. The van der Waals surface area contributed by atoms with E-state index in [1.54, 1.807) is 0 Å². The second kappa shape index (κ2) is 4.96. The topological polar surface area (TPSA) is 20.2 Å². The van der Waals surface area contributed by atoms with E-state index in [1.807, 2.05) is 6.92 Å². The van der Waals surface area contributed by atoms with Gasteiger partial charge in [-0.15, -0.1) is 0 Å². The van der Waals surface area contributed by atoms with Gasteiger partial charge >= 0.3 is 0 Å². The van der Waals surface area contributed by atoms with Gasteiger partial charge in [0.15, 0.2) is 0 Å². The number of aliphatic hydroxyl groups is 1. The Morgan fingerprint density at radius 3 is 2.75 bits per heavy atom. The Balaban J connectivity index is 3.27. The van der Waals surface area contributed by atoms with Gasteiger partial charge in [0.1, 0.15) is 6.10 Å². The molecule has 0 aliphatic rings. The molecule has 0 bridgehead atoms. The van der Waals surface area contributed by atoms with Crippen LogP contribution in [0.15, 0.2) is 0 Å². The van der Waals surface area contributed by atoms with Gasteiger partial charge in [0.25, 0.3) is 0 Å². The maximum absolute atomic E-state index is 8.79. The summed E-state index contributed by atoms with van der Waals surface area (Å²) in [6, 6.07) is 0. The van der Waals surface area contributed by atoms with E-state index in [-0.39, 0.29) is 0 Å². The quantitative estimate of drug-likeness (QED) is 0.563. The largest absolute Gasteiger partial charge is 0.380 e. The molecule has 0 saturated carbocycles. The maximum Gasteiger partial charge on any atom is 0.116 e. The van der Waals surface area contributed by atoms with Crippen molar-refractivity contribution in [2.75, 3.05) is 0 Å². The normalized spacial score (nSPS) is 11.9. The fraction of sp³-hybridized carbons (Fsp3) is 0.667. The van der Waals surface area contributed by atoms with Crippen LogP contribution in [0.1, 0.15) is 19.8 Å². The van der Waals surface area contributed by atoms with Crippen LogP contribution in [0.2, 0.25) is 0 Å². The standard InChI is InChI=1S/C6H9ClO/c1-2-3-6(8)4-5-7/h6,8H,2-3H2,1H3. The summed E-state index contributed by atoms with van der Waals surface area (Å²) in [5.74, 6) is 2.42. The molecule has 0 rings (SSSR count). The fourth-order valence-electron chi connectivity index (χ4n) is 0.409. The molecule has 0 radical (unpaired) electrons. The number of rotatable bonds is 2. The number of aliphatic hydroxyl groups excluding tert-OH is 1. The van der Waals surface area contributed by atoms with Crippen molar-refractivity contribution in [3.63, 3.8) is 0 Å². The number of hydrogen-bond donors (Lipinski definition) is 1. The first kappa shape index (κ1) is 7.81. The molecule has 1 atom stereocenters. The van der Waals surface area contributed by atoms with E-state index in [0.29, 0.717) is 6.42 Å². The van der Waals surface area contributed by atoms with Gasteiger partial charge < -0.3 is 5.11 Å². The van der Waals surface area contributed by atoms with Crippen LogP contribution in [-0.2, 0) is 0 Å². The third kappa shape index (κ3) is 3.98. The molecular weight excluding hydrogens is 124 g/mol. The van der Waals surface area contributed by atoms with E-state index in [4.69, 9.17) is 16.7 Å². The molecule has 0 aromatic heterocycles. The smallest absolute Gasteiger partial charge is 0.116 e. The van der Waals surface area contributed by atoms with E-state index in [0.717, 1.165) is 6.42 Å². The van der Waals surface area contributed by atoms with Crippen LogP contribution in [-0.4, -0.2) is 11.2 Å². The highest BCUT2D eigenvalue weighted by Crippen LogP contribution is 1.92. The van der Waals surface area contributed by atoms with Gasteiger partial charge in [-0.1, -0.05) is 19.3 Å². The summed E-state index contributed by atoms with van der Waals surface area (Å²) >= 11 is 5.01. The highest BCUT2D eigenvalue weighted by molar-refractivity contribution is 6.30. The molecule has 0 saturated heterocycles. The average molecular weight is 133 g/mol. The van der Waals surface area contributed by atoms with Crippen LogP contribution in [0.4, 0.5) is 0 Å². The molecule has 0 spiro atoms. The molecule has 0 aliphatic carbocycles. The van der Waals surface area contributed by atoms with Crippen molar-refractivity contribution in [2.24, 2.45) is 0 Å². The van der Waals surface area contributed by atoms with Gasteiger partial charge in [-0.2, -0.15) is 0 Å². The molecule has 0 aromatic carbocycles. The first-order valence-electron chi connectivity index (χ1n) is 2.60. The molecule has 1 N–H and O–H groups in total. The molecule has 8 heavy (non-hydrogen) atoms. The van der Waals surface area contributed by atoms with Gasteiger partial charge in [-0.3, -0.25) is 0 Å². The van der Waals surface area contributed by atoms with Crippen molar-refractivity contribution in [1.29, 1.82) is 0 Å². The lowest BCUT2D eigenvalue weighted by Crippen LogP contribution is -2.00. The Morgan fingerprint density at radius 1 is 1.75 bits per heavy atom. The minimum Gasteiger partial charge on any atom is -0.380 e. The van der Waals surface area contributed by atoms with E-state index in [9.17, 15) is 0 Å². The second-order valence-electron chi connectivity index (χ2n) is 1.54. The minimum absolute atomic E-state index is 0.530. The number of hydrogen-bond acceptors (Lipinski definition) is 1. The van der Waals surface area contributed by atoms with Crippen LogP contribution in [0.25, 0.3) is 0 Å². The Kier molecular flexibility index (Phi) is 4.84. The molecule has 1 unspecified atom stereocenters. The van der Waals surface area contributed by atoms with E-state index in [1.165, 1.54) is 0 Å². The van der Waals surface area contributed by atoms with E-state index >= 15 is 0 Å². The van der Waals surface area contributed by atoms with Crippen LogP contribution >= 0.6 is 11.6 Å². The zero-order chi connectivity index (χ0) is 6.41. The first-order chi connectivity index (χ1) is 3.81. The Hall–Kier alpha value is -0.190. The highest BCUT2D eigenvalue weighted by Gasteiger charge is 1.92. The Bertz CT molecular complexity index is 101. The second-order valence-corrected chi connectivity index (χ2v) is 1.73. The van der Waals surface area contributed by atoms with Crippen molar-refractivity contribution in [1.82, 2.24) is 0 Å². The predicted molar refractivity (Wildman–Crippen MR) is 34.5 cm³/mol. The molecule has 1 nitrogen and oxygen atoms in total. The first-order valence-corrected chi connectivity index (χ1v) is 2.98. The zero-order valence-corrected chi connectivity index (χ0v) is 5.57. The van der Waals surface area contributed by atoms with Crippen LogP contribution in [0.3, 0.4) is 0 Å². The van der Waals surface area contributed by atoms with E-state index < -0.39 is 6.10 Å². The summed E-state index contributed by atoms with van der Waals surface area (Å²) in [4.78, 5) is 0. The SMILES string of the molecule is CCCC(O)C#CCl. The summed E-state index contributed by atoms with van der Waals surface area (Å²) in [5, 5.41) is 10.9.